The number of unbranched alkanes of at least 4 members (excludes halogenated alkanes) is 1. The van der Waals surface area contributed by atoms with E-state index in [0.717, 1.165) is 63.0 Å². The first-order valence-corrected chi connectivity index (χ1v) is 9.10. The molecule has 7 nitrogen and oxygen atoms in total. The van der Waals surface area contributed by atoms with Crippen molar-refractivity contribution in [1.82, 2.24) is 10.2 Å². The number of nitrogens with one attached hydrogen (secondary N) is 1. The summed E-state index contributed by atoms with van der Waals surface area (Å²) in [5.41, 5.74) is 1.14. The molecule has 27 heavy (non-hydrogen) atoms. The van der Waals surface area contributed by atoms with Gasteiger partial charge in [-0.15, -0.1) is 24.0 Å². The maximum absolute atomic E-state index is 11.1. The van der Waals surface area contributed by atoms with Gasteiger partial charge in [0.05, 0.1) is 19.9 Å². The highest BCUT2D eigenvalue weighted by atomic mass is 127. The third-order valence-corrected chi connectivity index (χ3v) is 4.54. The Morgan fingerprint density at radius 2 is 1.85 bits per heavy atom. The molecule has 2 rings (SSSR count). The number of anilines is 1. The maximum atomic E-state index is 11.1. The van der Waals surface area contributed by atoms with Crippen molar-refractivity contribution in [2.24, 2.45) is 4.99 Å². The van der Waals surface area contributed by atoms with Gasteiger partial charge in [-0.1, -0.05) is 12.1 Å². The van der Waals surface area contributed by atoms with E-state index in [9.17, 15) is 4.79 Å². The Kier molecular flexibility index (Phi) is 10.9. The number of carbonyl (C=O) groups excluding carboxylic acids is 1. The van der Waals surface area contributed by atoms with Gasteiger partial charge in [-0.2, -0.15) is 0 Å². The first kappa shape index (κ1) is 23.3. The smallest absolute Gasteiger partial charge is 0.305 e. The number of guanidine groups is 1. The molecule has 0 spiro atoms. The van der Waals surface area contributed by atoms with E-state index < -0.39 is 0 Å². The highest BCUT2D eigenvalue weighted by Crippen LogP contribution is 2.28. The average molecular weight is 490 g/mol. The monoisotopic (exact) mass is 490 g/mol. The van der Waals surface area contributed by atoms with Crippen molar-refractivity contribution in [2.45, 2.75) is 19.3 Å². The van der Waals surface area contributed by atoms with Gasteiger partial charge in [0.1, 0.15) is 5.75 Å². The van der Waals surface area contributed by atoms with Gasteiger partial charge >= 0.3 is 5.97 Å². The Hall–Kier alpha value is -1.71. The van der Waals surface area contributed by atoms with Crippen molar-refractivity contribution in [3.8, 4) is 5.75 Å². The van der Waals surface area contributed by atoms with Crippen LogP contribution in [0, 0.1) is 0 Å². The number of piperazine rings is 1. The van der Waals surface area contributed by atoms with E-state index in [2.05, 4.69) is 30.9 Å². The minimum atomic E-state index is -0.151. The number of methoxy groups -OCH3 is 2. The van der Waals surface area contributed by atoms with Crippen LogP contribution >= 0.6 is 24.0 Å². The van der Waals surface area contributed by atoms with E-state index >= 15 is 0 Å². The van der Waals surface area contributed by atoms with Crippen molar-refractivity contribution in [3.05, 3.63) is 24.3 Å². The standard InChI is InChI=1S/C19H30N4O3.HI/c1-20-19(21-11-7-6-10-18(24)26-3)23-14-12-22(13-15-23)16-8-4-5-9-17(16)25-2;/h4-5,8-9H,6-7,10-15H2,1-3H3,(H,20,21);1H. The normalized spacial score (nSPS) is 14.4. The molecule has 0 saturated carbocycles. The lowest BCUT2D eigenvalue weighted by molar-refractivity contribution is -0.140. The highest BCUT2D eigenvalue weighted by molar-refractivity contribution is 14.0. The predicted octanol–water partition coefficient (Wildman–Crippen LogP) is 2.35. The summed E-state index contributed by atoms with van der Waals surface area (Å²) in [4.78, 5) is 20.1. The summed E-state index contributed by atoms with van der Waals surface area (Å²) in [7, 11) is 4.94. The molecule has 1 saturated heterocycles. The van der Waals surface area contributed by atoms with Gasteiger partial charge in [0.2, 0.25) is 0 Å². The molecule has 8 heteroatoms. The second-order valence-electron chi connectivity index (χ2n) is 6.15. The number of aliphatic imine (C=N–C) groups is 1. The quantitative estimate of drug-likeness (QED) is 0.208. The molecule has 1 aliphatic rings. The zero-order valence-corrected chi connectivity index (χ0v) is 18.8. The van der Waals surface area contributed by atoms with Crippen LogP contribution in [0.4, 0.5) is 5.69 Å². The first-order chi connectivity index (χ1) is 12.7. The molecule has 0 unspecified atom stereocenters. The number of nitrogens with zero attached hydrogens (tertiary/aromatic N) is 3. The Balaban J connectivity index is 0.00000364. The number of hydrogen-bond donors (Lipinski definition) is 1. The molecule has 1 fully saturated rings. The number of hydrogen-bond acceptors (Lipinski definition) is 5. The molecule has 1 N–H and O–H groups in total. The molecule has 0 atom stereocenters. The van der Waals surface area contributed by atoms with E-state index in [1.807, 2.05) is 25.2 Å². The number of esters is 1. The average Bonchev–Trinajstić information content (AvgIpc) is 2.70. The van der Waals surface area contributed by atoms with Crippen molar-refractivity contribution in [3.63, 3.8) is 0 Å². The van der Waals surface area contributed by atoms with Crippen LogP contribution in [0.5, 0.6) is 5.75 Å². The third kappa shape index (κ3) is 7.08. The summed E-state index contributed by atoms with van der Waals surface area (Å²) in [6, 6.07) is 8.13. The molecular weight excluding hydrogens is 459 g/mol. The van der Waals surface area contributed by atoms with Crippen molar-refractivity contribution < 1.29 is 14.3 Å². The SMILES string of the molecule is CN=C(NCCCCC(=O)OC)N1CCN(c2ccccc2OC)CC1.I. The Morgan fingerprint density at radius 3 is 2.48 bits per heavy atom. The molecule has 0 aromatic heterocycles. The van der Waals surface area contributed by atoms with Crippen LogP contribution in [0.15, 0.2) is 29.3 Å². The van der Waals surface area contributed by atoms with Crippen LogP contribution in [-0.2, 0) is 9.53 Å². The molecular formula is C19H31IN4O3. The van der Waals surface area contributed by atoms with E-state index in [1.54, 1.807) is 7.11 Å². The second kappa shape index (κ2) is 12.6. The number of halogens is 1. The molecule has 0 radical (unpaired) electrons. The second-order valence-corrected chi connectivity index (χ2v) is 6.15. The fraction of sp³-hybridized carbons (Fsp3) is 0.579. The fourth-order valence-electron chi connectivity index (χ4n) is 3.08. The van der Waals surface area contributed by atoms with Crippen LogP contribution in [0.2, 0.25) is 0 Å². The molecule has 152 valence electrons. The lowest BCUT2D eigenvalue weighted by Gasteiger charge is -2.38. The Labute approximate surface area is 179 Å². The predicted molar refractivity (Wildman–Crippen MR) is 119 cm³/mol. The van der Waals surface area contributed by atoms with Crippen molar-refractivity contribution >= 4 is 41.6 Å². The van der Waals surface area contributed by atoms with Gasteiger partial charge in [0.25, 0.3) is 0 Å². The lowest BCUT2D eigenvalue weighted by Crippen LogP contribution is -2.52. The molecule has 1 heterocycles. The number of para-hydroxylation sites is 2. The van der Waals surface area contributed by atoms with E-state index in [4.69, 9.17) is 4.74 Å². The number of carbonyl (C=O) groups is 1. The Morgan fingerprint density at radius 1 is 1.15 bits per heavy atom. The van der Waals surface area contributed by atoms with Crippen molar-refractivity contribution in [2.75, 3.05) is 58.9 Å². The summed E-state index contributed by atoms with van der Waals surface area (Å²) in [6.07, 6.45) is 2.20. The van der Waals surface area contributed by atoms with Crippen LogP contribution in [0.3, 0.4) is 0 Å². The first-order valence-electron chi connectivity index (χ1n) is 9.10. The highest BCUT2D eigenvalue weighted by Gasteiger charge is 2.21. The largest absolute Gasteiger partial charge is 0.495 e. The lowest BCUT2D eigenvalue weighted by atomic mass is 10.2. The third-order valence-electron chi connectivity index (χ3n) is 4.54. The van der Waals surface area contributed by atoms with E-state index in [1.165, 1.54) is 7.11 Å². The maximum Gasteiger partial charge on any atom is 0.305 e. The molecule has 0 aliphatic carbocycles. The van der Waals surface area contributed by atoms with Crippen LogP contribution in [0.25, 0.3) is 0 Å². The summed E-state index contributed by atoms with van der Waals surface area (Å²) in [5, 5.41) is 3.39. The molecule has 1 aliphatic heterocycles. The van der Waals surface area contributed by atoms with Crippen LogP contribution in [-0.4, -0.2) is 70.8 Å². The topological polar surface area (TPSA) is 66.4 Å². The molecule has 0 amide bonds. The van der Waals surface area contributed by atoms with Crippen LogP contribution in [0.1, 0.15) is 19.3 Å². The Bertz CT molecular complexity index is 604. The van der Waals surface area contributed by atoms with Gasteiger partial charge in [-0.25, -0.2) is 0 Å². The van der Waals surface area contributed by atoms with E-state index in [0.29, 0.717) is 6.42 Å². The molecule has 1 aromatic rings. The minimum absolute atomic E-state index is 0. The number of rotatable bonds is 7. The van der Waals surface area contributed by atoms with Gasteiger partial charge in [-0.3, -0.25) is 9.79 Å². The van der Waals surface area contributed by atoms with Gasteiger partial charge in [0.15, 0.2) is 5.96 Å². The molecule has 0 bridgehead atoms. The summed E-state index contributed by atoms with van der Waals surface area (Å²) in [6.45, 7) is 4.45. The van der Waals surface area contributed by atoms with E-state index in [-0.39, 0.29) is 29.9 Å². The van der Waals surface area contributed by atoms with Gasteiger partial charge in [-0.05, 0) is 25.0 Å². The minimum Gasteiger partial charge on any atom is -0.495 e. The summed E-state index contributed by atoms with van der Waals surface area (Å²) < 4.78 is 10.1. The van der Waals surface area contributed by atoms with Gasteiger partial charge in [0, 0.05) is 46.2 Å². The summed E-state index contributed by atoms with van der Waals surface area (Å²) >= 11 is 0. The molecule has 1 aromatic carbocycles. The zero-order valence-electron chi connectivity index (χ0n) is 16.4. The zero-order chi connectivity index (χ0) is 18.8. The van der Waals surface area contributed by atoms with Gasteiger partial charge < -0.3 is 24.6 Å². The van der Waals surface area contributed by atoms with Crippen LogP contribution < -0.4 is 15.0 Å². The number of ether oxygens (including phenoxy) is 2. The van der Waals surface area contributed by atoms with Crippen molar-refractivity contribution in [1.29, 1.82) is 0 Å². The fourth-order valence-corrected chi connectivity index (χ4v) is 3.08. The number of benzene rings is 1. The summed E-state index contributed by atoms with van der Waals surface area (Å²) in [5.74, 6) is 1.68.